The fourth-order valence-corrected chi connectivity index (χ4v) is 1.89. The minimum absolute atomic E-state index is 0. The normalized spacial score (nSPS) is 11.4. The lowest BCUT2D eigenvalue weighted by molar-refractivity contribution is 0.885. The third kappa shape index (κ3) is 4.06. The molecule has 0 fully saturated rings. The molecule has 1 unspecified atom stereocenters. The lowest BCUT2D eigenvalue weighted by atomic mass is 10.1. The van der Waals surface area contributed by atoms with E-state index in [1.807, 2.05) is 18.2 Å². The summed E-state index contributed by atoms with van der Waals surface area (Å²) in [7, 11) is 0. The summed E-state index contributed by atoms with van der Waals surface area (Å²) in [6.45, 7) is 2.16. The van der Waals surface area contributed by atoms with Gasteiger partial charge in [-0.1, -0.05) is 46.3 Å². The number of halogens is 2. The molecule has 0 saturated carbocycles. The first-order valence-corrected chi connectivity index (χ1v) is 6.12. The highest BCUT2D eigenvalue weighted by atomic mass is 79.9. The third-order valence-corrected chi connectivity index (χ3v) is 3.06. The van der Waals surface area contributed by atoms with Crippen molar-refractivity contribution >= 4 is 34.0 Å². The highest BCUT2D eigenvalue weighted by Crippen LogP contribution is 2.20. The molecular weight excluding hydrogens is 298 g/mol. The molecular formula is C14H15BrClN. The van der Waals surface area contributed by atoms with E-state index in [0.29, 0.717) is 6.04 Å². The van der Waals surface area contributed by atoms with Crippen LogP contribution < -0.4 is 5.32 Å². The van der Waals surface area contributed by atoms with Crippen LogP contribution in [0.25, 0.3) is 0 Å². The van der Waals surface area contributed by atoms with E-state index < -0.39 is 0 Å². The Morgan fingerprint density at radius 1 is 0.941 bits per heavy atom. The molecule has 2 aromatic carbocycles. The van der Waals surface area contributed by atoms with Crippen LogP contribution in [0, 0.1) is 0 Å². The van der Waals surface area contributed by atoms with Crippen LogP contribution in [0.5, 0.6) is 0 Å². The summed E-state index contributed by atoms with van der Waals surface area (Å²) >= 11 is 3.43. The van der Waals surface area contributed by atoms with Crippen LogP contribution in [-0.4, -0.2) is 0 Å². The summed E-state index contributed by atoms with van der Waals surface area (Å²) in [4.78, 5) is 0. The van der Waals surface area contributed by atoms with Gasteiger partial charge in [0.15, 0.2) is 0 Å². The molecule has 0 aliphatic carbocycles. The fourth-order valence-electron chi connectivity index (χ4n) is 1.62. The molecule has 1 nitrogen and oxygen atoms in total. The van der Waals surface area contributed by atoms with Gasteiger partial charge in [0.05, 0.1) is 0 Å². The maximum Gasteiger partial charge on any atom is 0.0485 e. The Balaban J connectivity index is 0.00000144. The molecule has 0 saturated heterocycles. The van der Waals surface area contributed by atoms with E-state index in [1.165, 1.54) is 5.56 Å². The van der Waals surface area contributed by atoms with Crippen molar-refractivity contribution in [3.8, 4) is 0 Å². The average Bonchev–Trinajstić information content (AvgIpc) is 2.33. The minimum Gasteiger partial charge on any atom is -0.379 e. The Labute approximate surface area is 117 Å². The van der Waals surface area contributed by atoms with E-state index in [2.05, 4.69) is 64.6 Å². The molecule has 0 aliphatic heterocycles. The van der Waals surface area contributed by atoms with Gasteiger partial charge in [-0.05, 0) is 36.8 Å². The largest absolute Gasteiger partial charge is 0.379 e. The fraction of sp³-hybridized carbons (Fsp3) is 0.143. The molecule has 1 atom stereocenters. The van der Waals surface area contributed by atoms with Crippen molar-refractivity contribution in [2.45, 2.75) is 13.0 Å². The van der Waals surface area contributed by atoms with Crippen molar-refractivity contribution in [1.82, 2.24) is 0 Å². The van der Waals surface area contributed by atoms with E-state index >= 15 is 0 Å². The standard InChI is InChI=1S/C14H14BrN.ClH/c1-11(12-5-3-2-4-6-12)16-14-9-7-13(15)8-10-14;/h2-11,16H,1H3;1H. The van der Waals surface area contributed by atoms with Crippen LogP contribution in [0.1, 0.15) is 18.5 Å². The zero-order valence-corrected chi connectivity index (χ0v) is 12.0. The smallest absolute Gasteiger partial charge is 0.0485 e. The van der Waals surface area contributed by atoms with Gasteiger partial charge in [0, 0.05) is 16.2 Å². The van der Waals surface area contributed by atoms with Crippen LogP contribution in [0.4, 0.5) is 5.69 Å². The number of hydrogen-bond acceptors (Lipinski definition) is 1. The highest BCUT2D eigenvalue weighted by molar-refractivity contribution is 9.10. The highest BCUT2D eigenvalue weighted by Gasteiger charge is 2.03. The number of nitrogens with one attached hydrogen (secondary N) is 1. The SMILES string of the molecule is CC(Nc1ccc(Br)cc1)c1ccccc1.Cl. The van der Waals surface area contributed by atoms with E-state index in [4.69, 9.17) is 0 Å². The van der Waals surface area contributed by atoms with Gasteiger partial charge >= 0.3 is 0 Å². The van der Waals surface area contributed by atoms with Crippen molar-refractivity contribution in [2.24, 2.45) is 0 Å². The van der Waals surface area contributed by atoms with Crippen molar-refractivity contribution in [3.05, 3.63) is 64.6 Å². The van der Waals surface area contributed by atoms with Gasteiger partial charge in [-0.15, -0.1) is 12.4 Å². The quantitative estimate of drug-likeness (QED) is 0.837. The van der Waals surface area contributed by atoms with Crippen molar-refractivity contribution in [3.63, 3.8) is 0 Å². The molecule has 0 aromatic heterocycles. The molecule has 3 heteroatoms. The molecule has 2 aromatic rings. The van der Waals surface area contributed by atoms with Gasteiger partial charge in [0.1, 0.15) is 0 Å². The summed E-state index contributed by atoms with van der Waals surface area (Å²) in [5.74, 6) is 0. The minimum atomic E-state index is 0. The van der Waals surface area contributed by atoms with Crippen LogP contribution in [0.3, 0.4) is 0 Å². The molecule has 2 rings (SSSR count). The van der Waals surface area contributed by atoms with E-state index in [0.717, 1.165) is 10.2 Å². The number of anilines is 1. The molecule has 0 aliphatic rings. The Hall–Kier alpha value is -0.990. The molecule has 90 valence electrons. The maximum absolute atomic E-state index is 3.46. The lowest BCUT2D eigenvalue weighted by Gasteiger charge is -2.15. The first-order valence-electron chi connectivity index (χ1n) is 5.33. The van der Waals surface area contributed by atoms with Gasteiger partial charge in [0.2, 0.25) is 0 Å². The summed E-state index contributed by atoms with van der Waals surface area (Å²) in [5, 5.41) is 3.46. The monoisotopic (exact) mass is 311 g/mol. The zero-order chi connectivity index (χ0) is 11.4. The zero-order valence-electron chi connectivity index (χ0n) is 9.56. The van der Waals surface area contributed by atoms with Gasteiger partial charge < -0.3 is 5.32 Å². The molecule has 0 heterocycles. The Bertz CT molecular complexity index is 442. The van der Waals surface area contributed by atoms with E-state index in [9.17, 15) is 0 Å². The maximum atomic E-state index is 3.46. The topological polar surface area (TPSA) is 12.0 Å². The second-order valence-electron chi connectivity index (χ2n) is 3.78. The Kier molecular flexibility index (Phi) is 5.52. The number of benzene rings is 2. The van der Waals surface area contributed by atoms with Crippen molar-refractivity contribution < 1.29 is 0 Å². The third-order valence-electron chi connectivity index (χ3n) is 2.53. The van der Waals surface area contributed by atoms with Crippen LogP contribution in [-0.2, 0) is 0 Å². The summed E-state index contributed by atoms with van der Waals surface area (Å²) in [6.07, 6.45) is 0. The van der Waals surface area contributed by atoms with Gasteiger partial charge in [-0.3, -0.25) is 0 Å². The molecule has 1 N–H and O–H groups in total. The van der Waals surface area contributed by atoms with E-state index in [1.54, 1.807) is 0 Å². The lowest BCUT2D eigenvalue weighted by Crippen LogP contribution is -2.05. The van der Waals surface area contributed by atoms with Crippen molar-refractivity contribution in [1.29, 1.82) is 0 Å². The second-order valence-corrected chi connectivity index (χ2v) is 4.70. The molecule has 0 spiro atoms. The first-order chi connectivity index (χ1) is 7.75. The summed E-state index contributed by atoms with van der Waals surface area (Å²) in [6, 6.07) is 19.0. The van der Waals surface area contributed by atoms with Crippen LogP contribution in [0.15, 0.2) is 59.1 Å². The summed E-state index contributed by atoms with van der Waals surface area (Å²) in [5.41, 5.74) is 2.44. The predicted octanol–water partition coefficient (Wildman–Crippen LogP) is 5.04. The van der Waals surface area contributed by atoms with Gasteiger partial charge in [0.25, 0.3) is 0 Å². The molecule has 0 radical (unpaired) electrons. The van der Waals surface area contributed by atoms with Crippen molar-refractivity contribution in [2.75, 3.05) is 5.32 Å². The summed E-state index contributed by atoms with van der Waals surface area (Å²) < 4.78 is 1.10. The first kappa shape index (κ1) is 14.1. The molecule has 0 amide bonds. The second kappa shape index (κ2) is 6.67. The molecule has 17 heavy (non-hydrogen) atoms. The Morgan fingerprint density at radius 2 is 1.53 bits per heavy atom. The average molecular weight is 313 g/mol. The Morgan fingerprint density at radius 3 is 2.12 bits per heavy atom. The number of hydrogen-bond donors (Lipinski definition) is 1. The van der Waals surface area contributed by atoms with Crippen LogP contribution >= 0.6 is 28.3 Å². The number of rotatable bonds is 3. The van der Waals surface area contributed by atoms with E-state index in [-0.39, 0.29) is 12.4 Å². The van der Waals surface area contributed by atoms with Gasteiger partial charge in [-0.25, -0.2) is 0 Å². The predicted molar refractivity (Wildman–Crippen MR) is 79.9 cm³/mol. The van der Waals surface area contributed by atoms with Gasteiger partial charge in [-0.2, -0.15) is 0 Å². The van der Waals surface area contributed by atoms with Crippen LogP contribution in [0.2, 0.25) is 0 Å². The molecule has 0 bridgehead atoms.